The minimum absolute atomic E-state index is 0.139. The van der Waals surface area contributed by atoms with Crippen LogP contribution in [-0.4, -0.2) is 11.3 Å². The Hall–Kier alpha value is -7.88. The molecule has 62 heavy (non-hydrogen) atoms. The fourth-order valence-corrected chi connectivity index (χ4v) is 11.1. The first kappa shape index (κ1) is 34.9. The fraction of sp³-hybridized carbons (Fsp3) is 0.0169. The van der Waals surface area contributed by atoms with E-state index >= 15 is 0 Å². The number of hydrogen-bond acceptors (Lipinski definition) is 1. The molecule has 0 fully saturated rings. The van der Waals surface area contributed by atoms with Gasteiger partial charge in [-0.25, -0.2) is 0 Å². The second-order valence-electron chi connectivity index (χ2n) is 16.8. The highest BCUT2D eigenvalue weighted by molar-refractivity contribution is 6.99. The smallest absolute Gasteiger partial charge is 0.242 e. The van der Waals surface area contributed by atoms with Gasteiger partial charge in [0.25, 0.3) is 0 Å². The Balaban J connectivity index is 1.04. The van der Waals surface area contributed by atoms with Crippen LogP contribution in [0, 0.1) is 0 Å². The third kappa shape index (κ3) is 4.94. The monoisotopic (exact) mass is 786 g/mol. The summed E-state index contributed by atoms with van der Waals surface area (Å²) in [6.45, 7) is 0.139. The van der Waals surface area contributed by atoms with Gasteiger partial charge in [-0.3, -0.25) is 0 Å². The molecule has 0 aliphatic carbocycles. The number of para-hydroxylation sites is 3. The van der Waals surface area contributed by atoms with Crippen molar-refractivity contribution in [1.29, 1.82) is 0 Å². The van der Waals surface area contributed by atoms with Crippen molar-refractivity contribution in [1.82, 2.24) is 4.57 Å². The molecule has 2 aliphatic rings. The summed E-state index contributed by atoms with van der Waals surface area (Å²) in [5.74, 6) is 0. The molecule has 11 aromatic rings. The van der Waals surface area contributed by atoms with Crippen LogP contribution < -0.4 is 21.3 Å². The Morgan fingerprint density at radius 3 is 1.63 bits per heavy atom. The Labute approximate surface area is 361 Å². The van der Waals surface area contributed by atoms with E-state index in [0.29, 0.717) is 0 Å². The maximum absolute atomic E-state index is 2.49. The van der Waals surface area contributed by atoms with E-state index in [1.165, 1.54) is 93.7 Å². The third-order valence-corrected chi connectivity index (χ3v) is 13.7. The van der Waals surface area contributed by atoms with Crippen LogP contribution in [0.1, 0.15) is 22.3 Å². The maximum Gasteiger partial charge on any atom is 0.242 e. The lowest BCUT2D eigenvalue weighted by molar-refractivity contribution is 0.731. The number of hydrogen-bond donors (Lipinski definition) is 0. The van der Waals surface area contributed by atoms with Crippen molar-refractivity contribution in [3.63, 3.8) is 0 Å². The van der Waals surface area contributed by atoms with Gasteiger partial charge in [0.1, 0.15) is 0 Å². The molecule has 0 atom stereocenters. The molecule has 13 rings (SSSR count). The van der Waals surface area contributed by atoms with Crippen molar-refractivity contribution in [2.75, 3.05) is 4.90 Å². The molecule has 3 heterocycles. The average Bonchev–Trinajstić information content (AvgIpc) is 3.84. The zero-order valence-electron chi connectivity index (χ0n) is 34.0. The van der Waals surface area contributed by atoms with Gasteiger partial charge in [-0.1, -0.05) is 204 Å². The Morgan fingerprint density at radius 1 is 0.355 bits per heavy atom. The summed E-state index contributed by atoms with van der Waals surface area (Å²) in [6.07, 6.45) is 0. The molecule has 288 valence electrons. The van der Waals surface area contributed by atoms with Crippen molar-refractivity contribution < 1.29 is 0 Å². The van der Waals surface area contributed by atoms with Gasteiger partial charge in [-0.15, -0.1) is 0 Å². The molecule has 0 radical (unpaired) electrons. The summed E-state index contributed by atoms with van der Waals surface area (Å²) in [7, 11) is 0. The third-order valence-electron chi connectivity index (χ3n) is 13.7. The first-order valence-corrected chi connectivity index (χ1v) is 21.6. The fourth-order valence-electron chi connectivity index (χ4n) is 11.1. The van der Waals surface area contributed by atoms with E-state index in [1.54, 1.807) is 0 Å². The van der Waals surface area contributed by atoms with Gasteiger partial charge >= 0.3 is 0 Å². The molecule has 0 bridgehead atoms. The normalized spacial score (nSPS) is 13.5. The SMILES string of the molecule is c1ccc(-n2c3ccc(B4c5ccccc5-c5cc6ccccc6cc54)cc3c3ccc(N4c5ccccc5C(c5ccccc5)(c5ccccc5)c5ccccc54)cc32)cc1. The summed E-state index contributed by atoms with van der Waals surface area (Å²) in [5, 5.41) is 5.06. The van der Waals surface area contributed by atoms with Crippen molar-refractivity contribution in [3.05, 3.63) is 259 Å². The van der Waals surface area contributed by atoms with E-state index in [1.807, 2.05) is 0 Å². The molecule has 0 unspecified atom stereocenters. The molecule has 0 amide bonds. The van der Waals surface area contributed by atoms with Gasteiger partial charge in [-0.05, 0) is 92.7 Å². The second kappa shape index (κ2) is 13.6. The van der Waals surface area contributed by atoms with Gasteiger partial charge in [0.2, 0.25) is 6.71 Å². The van der Waals surface area contributed by atoms with Gasteiger partial charge in [0, 0.05) is 22.1 Å². The second-order valence-corrected chi connectivity index (χ2v) is 16.8. The van der Waals surface area contributed by atoms with E-state index in [9.17, 15) is 0 Å². The summed E-state index contributed by atoms with van der Waals surface area (Å²) in [4.78, 5) is 2.49. The van der Waals surface area contributed by atoms with Gasteiger partial charge < -0.3 is 9.47 Å². The van der Waals surface area contributed by atoms with E-state index < -0.39 is 5.41 Å². The minimum atomic E-state index is -0.518. The first-order valence-electron chi connectivity index (χ1n) is 21.6. The van der Waals surface area contributed by atoms with E-state index in [0.717, 1.165) is 11.4 Å². The van der Waals surface area contributed by atoms with E-state index in [-0.39, 0.29) is 6.71 Å². The zero-order chi connectivity index (χ0) is 40.8. The molecule has 0 saturated carbocycles. The van der Waals surface area contributed by atoms with Crippen LogP contribution in [0.25, 0.3) is 49.4 Å². The van der Waals surface area contributed by atoms with Gasteiger partial charge in [-0.2, -0.15) is 0 Å². The molecule has 10 aromatic carbocycles. The summed E-state index contributed by atoms with van der Waals surface area (Å²) in [6, 6.07) is 87.9. The zero-order valence-corrected chi connectivity index (χ0v) is 34.0. The molecule has 0 saturated heterocycles. The van der Waals surface area contributed by atoms with Gasteiger partial charge in [0.05, 0.1) is 27.8 Å². The predicted molar refractivity (Wildman–Crippen MR) is 261 cm³/mol. The predicted octanol–water partition coefficient (Wildman–Crippen LogP) is 12.6. The summed E-state index contributed by atoms with van der Waals surface area (Å²) < 4.78 is 2.46. The number of benzene rings is 10. The van der Waals surface area contributed by atoms with Crippen LogP contribution in [0.5, 0.6) is 0 Å². The van der Waals surface area contributed by atoms with Crippen molar-refractivity contribution in [3.8, 4) is 16.8 Å². The highest BCUT2D eigenvalue weighted by atomic mass is 15.2. The molecule has 2 aliphatic heterocycles. The minimum Gasteiger partial charge on any atom is -0.310 e. The Bertz CT molecular complexity index is 3450. The highest BCUT2D eigenvalue weighted by Gasteiger charge is 2.46. The molecule has 2 nitrogen and oxygen atoms in total. The van der Waals surface area contributed by atoms with Crippen LogP contribution in [-0.2, 0) is 5.41 Å². The van der Waals surface area contributed by atoms with Crippen LogP contribution in [0.3, 0.4) is 0 Å². The maximum atomic E-state index is 2.49. The lowest BCUT2D eigenvalue weighted by Gasteiger charge is -2.46. The lowest BCUT2D eigenvalue weighted by atomic mass is 9.39. The van der Waals surface area contributed by atoms with Crippen LogP contribution >= 0.6 is 0 Å². The van der Waals surface area contributed by atoms with Crippen LogP contribution in [0.15, 0.2) is 237 Å². The Kier molecular flexibility index (Phi) is 7.65. The molecule has 0 spiro atoms. The first-order chi connectivity index (χ1) is 30.8. The standard InChI is InChI=1S/C59H39BN2/c1-4-20-42(21-5-1)59(43-22-6-2-7-23-43)51-27-13-16-30-56(51)62(57-31-17-14-28-52(57)59)46-33-34-48-50-38-44(32-35-55(50)61(58(48)39-46)45-24-8-3-9-25-45)60-53-29-15-12-26-47(53)49-36-40-18-10-11-19-41(40)37-54(49)60/h1-39H. The van der Waals surface area contributed by atoms with Crippen molar-refractivity contribution in [2.45, 2.75) is 5.41 Å². The largest absolute Gasteiger partial charge is 0.310 e. The lowest BCUT2D eigenvalue weighted by Crippen LogP contribution is -2.48. The van der Waals surface area contributed by atoms with Crippen molar-refractivity contribution in [2.24, 2.45) is 0 Å². The number of aromatic nitrogens is 1. The number of anilines is 3. The number of fused-ring (bicyclic) bond motifs is 9. The van der Waals surface area contributed by atoms with Crippen molar-refractivity contribution >= 4 is 72.7 Å². The van der Waals surface area contributed by atoms with Crippen LogP contribution in [0.4, 0.5) is 17.1 Å². The highest BCUT2D eigenvalue weighted by Crippen LogP contribution is 2.57. The average molecular weight is 787 g/mol. The summed E-state index contributed by atoms with van der Waals surface area (Å²) >= 11 is 0. The molecular weight excluding hydrogens is 747 g/mol. The Morgan fingerprint density at radius 2 is 0.935 bits per heavy atom. The molecular formula is C59H39BN2. The van der Waals surface area contributed by atoms with E-state index in [2.05, 4.69) is 246 Å². The topological polar surface area (TPSA) is 8.17 Å². The number of nitrogens with zero attached hydrogens (tertiary/aromatic N) is 2. The number of rotatable bonds is 5. The van der Waals surface area contributed by atoms with Crippen LogP contribution in [0.2, 0.25) is 0 Å². The molecule has 1 aromatic heterocycles. The quantitative estimate of drug-likeness (QED) is 0.158. The van der Waals surface area contributed by atoms with Gasteiger partial charge in [0.15, 0.2) is 0 Å². The molecule has 3 heteroatoms. The summed E-state index contributed by atoms with van der Waals surface area (Å²) in [5.41, 5.74) is 18.2. The van der Waals surface area contributed by atoms with E-state index in [4.69, 9.17) is 0 Å². The molecule has 0 N–H and O–H groups in total.